The summed E-state index contributed by atoms with van der Waals surface area (Å²) in [5.41, 5.74) is 1.17. The largest absolute Gasteiger partial charge is 0.467 e. The normalized spacial score (nSPS) is 22.0. The van der Waals surface area contributed by atoms with Crippen molar-refractivity contribution in [1.82, 2.24) is 10.6 Å². The van der Waals surface area contributed by atoms with Crippen molar-refractivity contribution in [1.29, 1.82) is 0 Å². The number of anilines is 1. The first kappa shape index (κ1) is 18.3. The van der Waals surface area contributed by atoms with Gasteiger partial charge >= 0.3 is 6.03 Å². The Kier molecular flexibility index (Phi) is 4.24. The van der Waals surface area contributed by atoms with Gasteiger partial charge in [0, 0.05) is 17.5 Å². The predicted octanol–water partition coefficient (Wildman–Crippen LogP) is 3.98. The van der Waals surface area contributed by atoms with E-state index in [0.29, 0.717) is 30.0 Å². The minimum atomic E-state index is -0.857. The second-order valence-electron chi connectivity index (χ2n) is 7.67. The molecule has 3 aromatic rings. The van der Waals surface area contributed by atoms with Gasteiger partial charge in [-0.2, -0.15) is 0 Å². The van der Waals surface area contributed by atoms with Crippen molar-refractivity contribution in [3.8, 4) is 5.75 Å². The first-order chi connectivity index (χ1) is 14.5. The maximum Gasteiger partial charge on any atom is 0.325 e. The van der Waals surface area contributed by atoms with Gasteiger partial charge in [-0.25, -0.2) is 4.79 Å². The first-order valence-electron chi connectivity index (χ1n) is 9.83. The molecule has 2 N–H and O–H groups in total. The van der Waals surface area contributed by atoms with Gasteiger partial charge in [0.1, 0.15) is 11.5 Å². The number of para-hydroxylation sites is 1. The van der Waals surface area contributed by atoms with E-state index >= 15 is 0 Å². The molecule has 7 heteroatoms. The van der Waals surface area contributed by atoms with Crippen molar-refractivity contribution in [2.24, 2.45) is 0 Å². The maximum absolute atomic E-state index is 13.0. The first-order valence-corrected chi connectivity index (χ1v) is 9.83. The summed E-state index contributed by atoms with van der Waals surface area (Å²) in [6.07, 6.45) is 2.16. The molecular formula is C23H21N3O4. The fourth-order valence-electron chi connectivity index (χ4n) is 4.18. The molecular weight excluding hydrogens is 382 g/mol. The number of benzene rings is 2. The molecule has 0 unspecified atom stereocenters. The molecule has 1 aromatic heterocycles. The van der Waals surface area contributed by atoms with Gasteiger partial charge in [0.25, 0.3) is 5.91 Å². The lowest BCUT2D eigenvalue weighted by Gasteiger charge is -2.50. The monoisotopic (exact) mass is 403 g/mol. The molecule has 0 spiro atoms. The van der Waals surface area contributed by atoms with Crippen molar-refractivity contribution in [2.75, 3.05) is 4.90 Å². The van der Waals surface area contributed by atoms with Crippen LogP contribution in [0, 0.1) is 0 Å². The Morgan fingerprint density at radius 3 is 2.90 bits per heavy atom. The molecule has 2 aliphatic heterocycles. The van der Waals surface area contributed by atoms with Crippen LogP contribution < -0.4 is 20.3 Å². The van der Waals surface area contributed by atoms with E-state index in [2.05, 4.69) is 10.6 Å². The number of amides is 3. The van der Waals surface area contributed by atoms with E-state index in [1.807, 2.05) is 31.2 Å². The zero-order chi connectivity index (χ0) is 20.7. The number of urea groups is 1. The van der Waals surface area contributed by atoms with Crippen LogP contribution in [0.15, 0.2) is 71.3 Å². The van der Waals surface area contributed by atoms with Crippen LogP contribution in [-0.2, 0) is 6.54 Å². The Morgan fingerprint density at radius 1 is 1.20 bits per heavy atom. The van der Waals surface area contributed by atoms with Crippen LogP contribution >= 0.6 is 0 Å². The van der Waals surface area contributed by atoms with Crippen molar-refractivity contribution in [3.63, 3.8) is 0 Å². The van der Waals surface area contributed by atoms with E-state index in [1.54, 1.807) is 47.6 Å². The number of hydrogen-bond donors (Lipinski definition) is 2. The molecule has 2 atom stereocenters. The van der Waals surface area contributed by atoms with Gasteiger partial charge < -0.3 is 19.8 Å². The molecule has 2 aromatic carbocycles. The molecule has 30 heavy (non-hydrogen) atoms. The van der Waals surface area contributed by atoms with Gasteiger partial charge in [0.15, 0.2) is 5.72 Å². The zero-order valence-electron chi connectivity index (χ0n) is 16.4. The lowest BCUT2D eigenvalue weighted by atomic mass is 9.90. The van der Waals surface area contributed by atoms with Crippen molar-refractivity contribution >= 4 is 17.6 Å². The molecule has 0 radical (unpaired) electrons. The molecule has 3 amide bonds. The lowest BCUT2D eigenvalue weighted by molar-refractivity contribution is 0.0378. The Balaban J connectivity index is 1.42. The van der Waals surface area contributed by atoms with Crippen molar-refractivity contribution in [2.45, 2.75) is 31.7 Å². The van der Waals surface area contributed by atoms with Crippen LogP contribution in [-0.4, -0.2) is 17.7 Å². The fourth-order valence-corrected chi connectivity index (χ4v) is 4.18. The van der Waals surface area contributed by atoms with E-state index in [-0.39, 0.29) is 18.0 Å². The quantitative estimate of drug-likeness (QED) is 0.690. The topological polar surface area (TPSA) is 83.8 Å². The lowest BCUT2D eigenvalue weighted by Crippen LogP contribution is -2.65. The Bertz CT molecular complexity index is 1110. The molecule has 7 nitrogen and oxygen atoms in total. The maximum atomic E-state index is 13.0. The highest BCUT2D eigenvalue weighted by atomic mass is 16.5. The summed E-state index contributed by atoms with van der Waals surface area (Å²) in [5.74, 6) is 1.18. The average Bonchev–Trinajstić information content (AvgIpc) is 3.25. The van der Waals surface area contributed by atoms with Gasteiger partial charge in [0.2, 0.25) is 0 Å². The van der Waals surface area contributed by atoms with E-state index in [4.69, 9.17) is 9.15 Å². The third-order valence-electron chi connectivity index (χ3n) is 5.55. The summed E-state index contributed by atoms with van der Waals surface area (Å²) < 4.78 is 11.5. The number of nitrogens with one attached hydrogen (secondary N) is 2. The third kappa shape index (κ3) is 3.08. The fraction of sp³-hybridized carbons (Fsp3) is 0.217. The molecule has 2 aliphatic rings. The third-order valence-corrected chi connectivity index (χ3v) is 5.55. The van der Waals surface area contributed by atoms with Crippen LogP contribution in [0.4, 0.5) is 10.5 Å². The highest BCUT2D eigenvalue weighted by molar-refractivity contribution is 5.98. The number of rotatable bonds is 4. The van der Waals surface area contributed by atoms with Gasteiger partial charge in [-0.1, -0.05) is 24.3 Å². The SMILES string of the molecule is C[C@@]12C[C@H](NC(=O)N1c1cccc(C(=O)NCc3ccco3)c1)c1ccccc1O2. The number of carbonyl (C=O) groups is 2. The number of nitrogens with zero attached hydrogens (tertiary/aromatic N) is 1. The van der Waals surface area contributed by atoms with E-state index in [9.17, 15) is 9.59 Å². The molecule has 0 aliphatic carbocycles. The number of fused-ring (bicyclic) bond motifs is 4. The van der Waals surface area contributed by atoms with Crippen LogP contribution in [0.2, 0.25) is 0 Å². The second-order valence-corrected chi connectivity index (χ2v) is 7.67. The molecule has 3 heterocycles. The summed E-state index contributed by atoms with van der Waals surface area (Å²) in [5, 5.41) is 5.89. The summed E-state index contributed by atoms with van der Waals surface area (Å²) in [7, 11) is 0. The average molecular weight is 403 g/mol. The standard InChI is InChI=1S/C23H21N3O4/c1-23-13-19(18-9-2-3-10-20(18)30-23)25-22(28)26(23)16-7-4-6-15(12-16)21(27)24-14-17-8-5-11-29-17/h2-12,19H,13-14H2,1H3,(H,24,27)(H,25,28)/t19-,23+/m0/s1. The van der Waals surface area contributed by atoms with Crippen molar-refractivity contribution < 1.29 is 18.7 Å². The summed E-state index contributed by atoms with van der Waals surface area (Å²) in [6.45, 7) is 2.19. The smallest absolute Gasteiger partial charge is 0.325 e. The number of furan rings is 1. The van der Waals surface area contributed by atoms with Crippen LogP contribution in [0.25, 0.3) is 0 Å². The van der Waals surface area contributed by atoms with Crippen LogP contribution in [0.5, 0.6) is 5.75 Å². The molecule has 0 saturated carbocycles. The van der Waals surface area contributed by atoms with Gasteiger partial charge in [-0.15, -0.1) is 0 Å². The minimum Gasteiger partial charge on any atom is -0.467 e. The molecule has 2 bridgehead atoms. The Labute approximate surface area is 173 Å². The van der Waals surface area contributed by atoms with Crippen LogP contribution in [0.3, 0.4) is 0 Å². The van der Waals surface area contributed by atoms with Crippen LogP contribution in [0.1, 0.15) is 41.1 Å². The number of carbonyl (C=O) groups excluding carboxylic acids is 2. The molecule has 5 rings (SSSR count). The predicted molar refractivity (Wildman–Crippen MR) is 110 cm³/mol. The van der Waals surface area contributed by atoms with E-state index < -0.39 is 5.72 Å². The van der Waals surface area contributed by atoms with Gasteiger partial charge in [-0.3, -0.25) is 9.69 Å². The molecule has 1 fully saturated rings. The summed E-state index contributed by atoms with van der Waals surface area (Å²) >= 11 is 0. The van der Waals surface area contributed by atoms with Crippen molar-refractivity contribution in [3.05, 3.63) is 83.8 Å². The number of ether oxygens (including phenoxy) is 1. The zero-order valence-corrected chi connectivity index (χ0v) is 16.4. The Hall–Kier alpha value is -3.74. The molecule has 1 saturated heterocycles. The van der Waals surface area contributed by atoms with E-state index in [0.717, 1.165) is 11.3 Å². The molecule has 152 valence electrons. The highest BCUT2D eigenvalue weighted by Crippen LogP contribution is 2.45. The van der Waals surface area contributed by atoms with Gasteiger partial charge in [0.05, 0.1) is 24.5 Å². The Morgan fingerprint density at radius 2 is 2.07 bits per heavy atom. The second kappa shape index (κ2) is 6.95. The summed E-state index contributed by atoms with van der Waals surface area (Å²) in [6, 6.07) is 17.9. The van der Waals surface area contributed by atoms with Gasteiger partial charge in [-0.05, 0) is 43.3 Å². The number of hydrogen-bond acceptors (Lipinski definition) is 4. The highest BCUT2D eigenvalue weighted by Gasteiger charge is 2.49. The minimum absolute atomic E-state index is 0.108. The van der Waals surface area contributed by atoms with E-state index in [1.165, 1.54) is 0 Å². The summed E-state index contributed by atoms with van der Waals surface area (Å²) in [4.78, 5) is 27.2.